The summed E-state index contributed by atoms with van der Waals surface area (Å²) < 4.78 is 0. The van der Waals surface area contributed by atoms with Crippen LogP contribution < -0.4 is 0 Å². The third-order valence-corrected chi connectivity index (χ3v) is 2.99. The summed E-state index contributed by atoms with van der Waals surface area (Å²) in [6, 6.07) is 9.98. The molecule has 0 aliphatic rings. The number of rotatable bonds is 5. The molecule has 3 heteroatoms. The predicted octanol–water partition coefficient (Wildman–Crippen LogP) is 1.38. The van der Waals surface area contributed by atoms with Crippen LogP contribution in [0.4, 0.5) is 0 Å². The molecule has 0 saturated heterocycles. The molecule has 2 nitrogen and oxygen atoms in total. The highest BCUT2D eigenvalue weighted by Gasteiger charge is 2.05. The Bertz CT molecular complexity index is 222. The minimum atomic E-state index is -0.00907. The first-order valence-electron chi connectivity index (χ1n) is 4.26. The van der Waals surface area contributed by atoms with Gasteiger partial charge in [0.1, 0.15) is 0 Å². The fourth-order valence-electron chi connectivity index (χ4n) is 0.894. The molecule has 13 heavy (non-hydrogen) atoms. The number of hydrogen-bond donors (Lipinski definition) is 2. The standard InChI is InChI=1S/C10H14O2S/c11-6-9(7-12)8-13-10-4-2-1-3-5-10/h1-5,9,11-12H,6-8H2. The van der Waals surface area contributed by atoms with Crippen molar-refractivity contribution in [3.05, 3.63) is 30.3 Å². The topological polar surface area (TPSA) is 40.5 Å². The summed E-state index contributed by atoms with van der Waals surface area (Å²) in [6.07, 6.45) is 0. The molecule has 0 radical (unpaired) electrons. The lowest BCUT2D eigenvalue weighted by Crippen LogP contribution is -2.13. The third-order valence-electron chi connectivity index (χ3n) is 1.75. The highest BCUT2D eigenvalue weighted by atomic mass is 32.2. The summed E-state index contributed by atoms with van der Waals surface area (Å²) in [5.74, 6) is 0.752. The zero-order valence-electron chi connectivity index (χ0n) is 7.39. The molecule has 0 fully saturated rings. The van der Waals surface area contributed by atoms with Gasteiger partial charge >= 0.3 is 0 Å². The molecule has 0 saturated carbocycles. The molecule has 1 aromatic carbocycles. The Hall–Kier alpha value is -0.510. The van der Waals surface area contributed by atoms with Crippen LogP contribution in [0.25, 0.3) is 0 Å². The van der Waals surface area contributed by atoms with Gasteiger partial charge in [0.15, 0.2) is 0 Å². The zero-order chi connectivity index (χ0) is 9.52. The maximum Gasteiger partial charge on any atom is 0.0489 e. The van der Waals surface area contributed by atoms with Crippen molar-refractivity contribution in [3.63, 3.8) is 0 Å². The van der Waals surface area contributed by atoms with Gasteiger partial charge in [0.05, 0.1) is 0 Å². The van der Waals surface area contributed by atoms with Crippen LogP contribution >= 0.6 is 11.8 Å². The highest BCUT2D eigenvalue weighted by Crippen LogP contribution is 2.19. The highest BCUT2D eigenvalue weighted by molar-refractivity contribution is 7.99. The lowest BCUT2D eigenvalue weighted by atomic mass is 10.2. The van der Waals surface area contributed by atoms with Gasteiger partial charge in [-0.25, -0.2) is 0 Å². The first-order chi connectivity index (χ1) is 6.36. The van der Waals surface area contributed by atoms with Crippen molar-refractivity contribution >= 4 is 11.8 Å². The zero-order valence-corrected chi connectivity index (χ0v) is 8.20. The van der Waals surface area contributed by atoms with E-state index in [1.165, 1.54) is 4.90 Å². The van der Waals surface area contributed by atoms with E-state index in [1.807, 2.05) is 30.3 Å². The van der Waals surface area contributed by atoms with Crippen molar-refractivity contribution in [3.8, 4) is 0 Å². The van der Waals surface area contributed by atoms with E-state index in [0.717, 1.165) is 5.75 Å². The minimum absolute atomic E-state index is 0.00907. The van der Waals surface area contributed by atoms with Gasteiger partial charge in [-0.1, -0.05) is 18.2 Å². The van der Waals surface area contributed by atoms with Crippen LogP contribution in [-0.4, -0.2) is 29.2 Å². The Morgan fingerprint density at radius 2 is 1.69 bits per heavy atom. The molecule has 0 bridgehead atoms. The summed E-state index contributed by atoms with van der Waals surface area (Å²) in [7, 11) is 0. The molecule has 0 heterocycles. The van der Waals surface area contributed by atoms with Crippen LogP contribution in [0, 0.1) is 5.92 Å². The van der Waals surface area contributed by atoms with Gasteiger partial charge in [0, 0.05) is 29.8 Å². The van der Waals surface area contributed by atoms with Gasteiger partial charge in [0.25, 0.3) is 0 Å². The second-order valence-corrected chi connectivity index (χ2v) is 3.95. The molecular weight excluding hydrogens is 184 g/mol. The van der Waals surface area contributed by atoms with E-state index < -0.39 is 0 Å². The Balaban J connectivity index is 2.34. The molecule has 0 aromatic heterocycles. The van der Waals surface area contributed by atoms with Crippen molar-refractivity contribution in [1.82, 2.24) is 0 Å². The molecule has 0 aliphatic heterocycles. The molecule has 72 valence electrons. The van der Waals surface area contributed by atoms with Crippen molar-refractivity contribution in [2.45, 2.75) is 4.90 Å². The van der Waals surface area contributed by atoms with E-state index >= 15 is 0 Å². The fourth-order valence-corrected chi connectivity index (χ4v) is 1.88. The largest absolute Gasteiger partial charge is 0.396 e. The number of thioether (sulfide) groups is 1. The van der Waals surface area contributed by atoms with E-state index in [9.17, 15) is 0 Å². The smallest absolute Gasteiger partial charge is 0.0489 e. The summed E-state index contributed by atoms with van der Waals surface area (Å²) in [5, 5.41) is 17.7. The average Bonchev–Trinajstić information content (AvgIpc) is 2.21. The van der Waals surface area contributed by atoms with E-state index in [-0.39, 0.29) is 19.1 Å². The molecule has 2 N–H and O–H groups in total. The third kappa shape index (κ3) is 3.81. The van der Waals surface area contributed by atoms with Gasteiger partial charge in [0.2, 0.25) is 0 Å². The van der Waals surface area contributed by atoms with E-state index in [1.54, 1.807) is 11.8 Å². The Kier molecular flexibility index (Phi) is 4.90. The van der Waals surface area contributed by atoms with Crippen molar-refractivity contribution < 1.29 is 10.2 Å². The van der Waals surface area contributed by atoms with Gasteiger partial charge in [-0.2, -0.15) is 0 Å². The van der Waals surface area contributed by atoms with Crippen LogP contribution in [0.15, 0.2) is 35.2 Å². The quantitative estimate of drug-likeness (QED) is 0.702. The van der Waals surface area contributed by atoms with Gasteiger partial charge < -0.3 is 10.2 Å². The molecule has 0 atom stereocenters. The first kappa shape index (κ1) is 10.6. The van der Waals surface area contributed by atoms with E-state index in [2.05, 4.69) is 0 Å². The number of aliphatic hydroxyl groups is 2. The van der Waals surface area contributed by atoms with Crippen molar-refractivity contribution in [2.24, 2.45) is 5.92 Å². The minimum Gasteiger partial charge on any atom is -0.396 e. The Morgan fingerprint density at radius 3 is 2.23 bits per heavy atom. The summed E-state index contributed by atoms with van der Waals surface area (Å²) in [6.45, 7) is 0.104. The number of benzene rings is 1. The number of hydrogen-bond acceptors (Lipinski definition) is 3. The Morgan fingerprint density at radius 1 is 1.08 bits per heavy atom. The fraction of sp³-hybridized carbons (Fsp3) is 0.400. The van der Waals surface area contributed by atoms with Crippen LogP contribution in [-0.2, 0) is 0 Å². The number of aliphatic hydroxyl groups excluding tert-OH is 2. The van der Waals surface area contributed by atoms with Gasteiger partial charge in [-0.15, -0.1) is 11.8 Å². The van der Waals surface area contributed by atoms with Gasteiger partial charge in [-0.3, -0.25) is 0 Å². The monoisotopic (exact) mass is 198 g/mol. The molecule has 0 spiro atoms. The second-order valence-electron chi connectivity index (χ2n) is 2.86. The summed E-state index contributed by atoms with van der Waals surface area (Å²) in [4.78, 5) is 1.18. The van der Waals surface area contributed by atoms with Crippen LogP contribution in [0.3, 0.4) is 0 Å². The van der Waals surface area contributed by atoms with Crippen molar-refractivity contribution in [2.75, 3.05) is 19.0 Å². The normalized spacial score (nSPS) is 10.7. The summed E-state index contributed by atoms with van der Waals surface area (Å²) in [5.41, 5.74) is 0. The SMILES string of the molecule is OCC(CO)CSc1ccccc1. The van der Waals surface area contributed by atoms with E-state index in [0.29, 0.717) is 0 Å². The molecule has 1 rings (SSSR count). The van der Waals surface area contributed by atoms with Crippen molar-refractivity contribution in [1.29, 1.82) is 0 Å². The molecule has 0 amide bonds. The lowest BCUT2D eigenvalue weighted by molar-refractivity contribution is 0.164. The maximum absolute atomic E-state index is 8.83. The van der Waals surface area contributed by atoms with E-state index in [4.69, 9.17) is 10.2 Å². The molecular formula is C10H14O2S. The molecule has 0 unspecified atom stereocenters. The van der Waals surface area contributed by atoms with Gasteiger partial charge in [-0.05, 0) is 12.1 Å². The van der Waals surface area contributed by atoms with Crippen LogP contribution in [0.2, 0.25) is 0 Å². The average molecular weight is 198 g/mol. The predicted molar refractivity (Wildman–Crippen MR) is 54.8 cm³/mol. The first-order valence-corrected chi connectivity index (χ1v) is 5.25. The maximum atomic E-state index is 8.83. The molecule has 0 aliphatic carbocycles. The Labute approximate surface area is 82.6 Å². The van der Waals surface area contributed by atoms with Crippen LogP contribution in [0.1, 0.15) is 0 Å². The molecule has 1 aromatic rings. The summed E-state index contributed by atoms with van der Waals surface area (Å²) >= 11 is 1.66. The lowest BCUT2D eigenvalue weighted by Gasteiger charge is -2.09. The van der Waals surface area contributed by atoms with Crippen LogP contribution in [0.5, 0.6) is 0 Å². The second kappa shape index (κ2) is 6.02.